The molecule has 0 N–H and O–H groups in total. The highest BCUT2D eigenvalue weighted by molar-refractivity contribution is 5.48. The SMILES string of the molecule is CCc1ccc(Oc2c(F)c(F)c(C#Cc3ccccc3)c(F)c2F)cc1. The summed E-state index contributed by atoms with van der Waals surface area (Å²) >= 11 is 0. The molecule has 0 saturated heterocycles. The largest absolute Gasteiger partial charge is 0.451 e. The zero-order valence-corrected chi connectivity index (χ0v) is 14.3. The Hall–Kier alpha value is -3.26. The average molecular weight is 370 g/mol. The third-order valence-electron chi connectivity index (χ3n) is 3.88. The van der Waals surface area contributed by atoms with E-state index in [1.165, 1.54) is 12.1 Å². The van der Waals surface area contributed by atoms with Gasteiger partial charge in [0, 0.05) is 5.56 Å². The predicted molar refractivity (Wildman–Crippen MR) is 94.6 cm³/mol. The zero-order chi connectivity index (χ0) is 19.4. The molecule has 5 heteroatoms. The van der Waals surface area contributed by atoms with Gasteiger partial charge in [-0.05, 0) is 36.2 Å². The summed E-state index contributed by atoms with van der Waals surface area (Å²) < 4.78 is 62.1. The Kier molecular flexibility index (Phi) is 5.46. The molecule has 1 nitrogen and oxygen atoms in total. The molecule has 0 atom stereocenters. The standard InChI is InChI=1S/C22H14F4O/c1-2-14-8-11-16(12-9-14)27-22-20(25)18(23)17(19(24)21(22)26)13-10-15-6-4-3-5-7-15/h3-9,11-12H,2H2,1H3. The number of halogens is 4. The third kappa shape index (κ3) is 3.95. The molecule has 0 aromatic heterocycles. The van der Waals surface area contributed by atoms with Crippen LogP contribution in [0.15, 0.2) is 54.6 Å². The molecule has 0 fully saturated rings. The number of hydrogen-bond acceptors (Lipinski definition) is 1. The quantitative estimate of drug-likeness (QED) is 0.312. The van der Waals surface area contributed by atoms with Gasteiger partial charge >= 0.3 is 0 Å². The molecule has 0 amide bonds. The lowest BCUT2D eigenvalue weighted by molar-refractivity contribution is 0.364. The summed E-state index contributed by atoms with van der Waals surface area (Å²) in [5.41, 5.74) is 0.447. The van der Waals surface area contributed by atoms with Crippen LogP contribution in [-0.2, 0) is 6.42 Å². The second-order valence-corrected chi connectivity index (χ2v) is 5.68. The molecule has 0 heterocycles. The van der Waals surface area contributed by atoms with Gasteiger partial charge in [-0.2, -0.15) is 8.78 Å². The molecule has 136 valence electrons. The smallest absolute Gasteiger partial charge is 0.205 e. The van der Waals surface area contributed by atoms with Gasteiger partial charge in [0.2, 0.25) is 17.4 Å². The van der Waals surface area contributed by atoms with E-state index in [1.54, 1.807) is 42.5 Å². The van der Waals surface area contributed by atoms with Crippen molar-refractivity contribution in [2.45, 2.75) is 13.3 Å². The van der Waals surface area contributed by atoms with E-state index in [2.05, 4.69) is 11.8 Å². The van der Waals surface area contributed by atoms with Crippen LogP contribution >= 0.6 is 0 Å². The molecule has 0 aliphatic rings. The van der Waals surface area contributed by atoms with Crippen molar-refractivity contribution in [3.05, 3.63) is 94.6 Å². The first-order chi connectivity index (χ1) is 13.0. The van der Waals surface area contributed by atoms with Crippen LogP contribution in [-0.4, -0.2) is 0 Å². The lowest BCUT2D eigenvalue weighted by atomic mass is 10.1. The highest BCUT2D eigenvalue weighted by Crippen LogP contribution is 2.33. The molecular weight excluding hydrogens is 356 g/mol. The Labute approximate surface area is 154 Å². The fourth-order valence-corrected chi connectivity index (χ4v) is 2.38. The number of benzene rings is 3. The van der Waals surface area contributed by atoms with Crippen molar-refractivity contribution in [1.82, 2.24) is 0 Å². The van der Waals surface area contributed by atoms with Crippen molar-refractivity contribution < 1.29 is 22.3 Å². The zero-order valence-electron chi connectivity index (χ0n) is 14.3. The van der Waals surface area contributed by atoms with Gasteiger partial charge in [0.25, 0.3) is 0 Å². The molecule has 0 bridgehead atoms. The first-order valence-electron chi connectivity index (χ1n) is 8.21. The number of rotatable bonds is 3. The Morgan fingerprint density at radius 3 is 1.89 bits per heavy atom. The summed E-state index contributed by atoms with van der Waals surface area (Å²) in [4.78, 5) is 0. The van der Waals surface area contributed by atoms with E-state index in [-0.39, 0.29) is 5.75 Å². The molecule has 3 aromatic rings. The van der Waals surface area contributed by atoms with Crippen LogP contribution in [0.3, 0.4) is 0 Å². The Morgan fingerprint density at radius 2 is 1.33 bits per heavy atom. The van der Waals surface area contributed by atoms with Crippen LogP contribution in [0.25, 0.3) is 0 Å². The maximum atomic E-state index is 14.3. The van der Waals surface area contributed by atoms with Crippen molar-refractivity contribution in [3.63, 3.8) is 0 Å². The first kappa shape index (κ1) is 18.5. The second-order valence-electron chi connectivity index (χ2n) is 5.68. The van der Waals surface area contributed by atoms with Gasteiger partial charge in [-0.15, -0.1) is 0 Å². The minimum atomic E-state index is -1.63. The summed E-state index contributed by atoms with van der Waals surface area (Å²) in [6.45, 7) is 1.94. The summed E-state index contributed by atoms with van der Waals surface area (Å²) in [5, 5.41) is 0. The van der Waals surface area contributed by atoms with Crippen LogP contribution < -0.4 is 4.74 Å². The van der Waals surface area contributed by atoms with Crippen molar-refractivity contribution in [1.29, 1.82) is 0 Å². The van der Waals surface area contributed by atoms with Crippen LogP contribution in [0, 0.1) is 35.1 Å². The number of aryl methyl sites for hydroxylation is 1. The molecule has 0 radical (unpaired) electrons. The Balaban J connectivity index is 1.99. The summed E-state index contributed by atoms with van der Waals surface area (Å²) in [5.74, 6) is -2.92. The fourth-order valence-electron chi connectivity index (χ4n) is 2.38. The van der Waals surface area contributed by atoms with E-state index in [0.717, 1.165) is 12.0 Å². The summed E-state index contributed by atoms with van der Waals surface area (Å²) in [6.07, 6.45) is 0.765. The van der Waals surface area contributed by atoms with Crippen molar-refractivity contribution in [2.75, 3.05) is 0 Å². The van der Waals surface area contributed by atoms with Gasteiger partial charge < -0.3 is 4.74 Å². The van der Waals surface area contributed by atoms with E-state index < -0.39 is 34.6 Å². The molecule has 0 saturated carbocycles. The second kappa shape index (κ2) is 7.96. The van der Waals surface area contributed by atoms with E-state index in [1.807, 2.05) is 6.92 Å². The topological polar surface area (TPSA) is 9.23 Å². The molecule has 0 aliphatic heterocycles. The molecule has 27 heavy (non-hydrogen) atoms. The highest BCUT2D eigenvalue weighted by atomic mass is 19.2. The van der Waals surface area contributed by atoms with Gasteiger partial charge in [0.05, 0.1) is 0 Å². The molecule has 0 unspecified atom stereocenters. The monoisotopic (exact) mass is 370 g/mol. The first-order valence-corrected chi connectivity index (χ1v) is 8.21. The molecular formula is C22H14F4O. The molecule has 0 spiro atoms. The predicted octanol–water partition coefficient (Wildman–Crippen LogP) is 6.00. The van der Waals surface area contributed by atoms with Crippen LogP contribution in [0.5, 0.6) is 11.5 Å². The Bertz CT molecular complexity index is 987. The number of hydrogen-bond donors (Lipinski definition) is 0. The van der Waals surface area contributed by atoms with E-state index in [4.69, 9.17) is 4.74 Å². The van der Waals surface area contributed by atoms with Crippen LogP contribution in [0.1, 0.15) is 23.6 Å². The van der Waals surface area contributed by atoms with E-state index >= 15 is 0 Å². The maximum Gasteiger partial charge on any atom is 0.205 e. The summed E-state index contributed by atoms with van der Waals surface area (Å²) in [6, 6.07) is 14.6. The van der Waals surface area contributed by atoms with Crippen LogP contribution in [0.4, 0.5) is 17.6 Å². The molecule has 3 rings (SSSR count). The maximum absolute atomic E-state index is 14.3. The summed E-state index contributed by atoms with van der Waals surface area (Å²) in [7, 11) is 0. The van der Waals surface area contributed by atoms with Gasteiger partial charge in [-0.25, -0.2) is 8.78 Å². The van der Waals surface area contributed by atoms with Gasteiger partial charge in [-0.3, -0.25) is 0 Å². The lowest BCUT2D eigenvalue weighted by Gasteiger charge is -2.11. The Morgan fingerprint density at radius 1 is 0.741 bits per heavy atom. The molecule has 3 aromatic carbocycles. The van der Waals surface area contributed by atoms with Crippen LogP contribution in [0.2, 0.25) is 0 Å². The fraction of sp³-hybridized carbons (Fsp3) is 0.0909. The van der Waals surface area contributed by atoms with Crippen molar-refractivity contribution in [3.8, 4) is 23.3 Å². The van der Waals surface area contributed by atoms with Crippen molar-refractivity contribution >= 4 is 0 Å². The van der Waals surface area contributed by atoms with Gasteiger partial charge in [0.1, 0.15) is 11.3 Å². The lowest BCUT2D eigenvalue weighted by Crippen LogP contribution is -2.04. The highest BCUT2D eigenvalue weighted by Gasteiger charge is 2.26. The average Bonchev–Trinajstić information content (AvgIpc) is 2.71. The molecule has 0 aliphatic carbocycles. The van der Waals surface area contributed by atoms with E-state index in [0.29, 0.717) is 5.56 Å². The minimum Gasteiger partial charge on any atom is -0.451 e. The van der Waals surface area contributed by atoms with E-state index in [9.17, 15) is 17.6 Å². The third-order valence-corrected chi connectivity index (χ3v) is 3.88. The van der Waals surface area contributed by atoms with Gasteiger partial charge in [0.15, 0.2) is 11.6 Å². The normalized spacial score (nSPS) is 10.3. The minimum absolute atomic E-state index is 0.0620. The van der Waals surface area contributed by atoms with Gasteiger partial charge in [-0.1, -0.05) is 49.1 Å². The number of ether oxygens (including phenoxy) is 1. The van der Waals surface area contributed by atoms with Crippen molar-refractivity contribution in [2.24, 2.45) is 0 Å².